The van der Waals surface area contributed by atoms with Crippen LogP contribution >= 0.6 is 68.0 Å². The zero-order valence-electron chi connectivity index (χ0n) is 22.2. The molecule has 4 aliphatic rings. The lowest BCUT2D eigenvalue weighted by molar-refractivity contribution is -0.121. The second kappa shape index (κ2) is 11.9. The first kappa shape index (κ1) is 31.8. The van der Waals surface area contributed by atoms with Crippen molar-refractivity contribution >= 4 is 138 Å². The van der Waals surface area contributed by atoms with Crippen molar-refractivity contribution in [3.63, 3.8) is 0 Å². The number of benzene rings is 2. The Morgan fingerprint density at radius 3 is 0.761 bits per heavy atom. The number of hydrogen-bond donors (Lipinski definition) is 0. The highest BCUT2D eigenvalue weighted by Crippen LogP contribution is 2.45. The van der Waals surface area contributed by atoms with E-state index in [-0.39, 0.29) is 42.9 Å². The van der Waals surface area contributed by atoms with Crippen molar-refractivity contribution < 1.29 is 38.4 Å². The summed E-state index contributed by atoms with van der Waals surface area (Å²) in [5, 5.41) is -1.38. The van der Waals surface area contributed by atoms with Gasteiger partial charge in [-0.25, -0.2) is 19.6 Å². The second-order valence-corrected chi connectivity index (χ2v) is 13.3. The second-order valence-electron chi connectivity index (χ2n) is 9.42. The summed E-state index contributed by atoms with van der Waals surface area (Å²) in [5.41, 5.74) is -0.0981. The summed E-state index contributed by atoms with van der Waals surface area (Å²) >= 11 is 23.5. The summed E-state index contributed by atoms with van der Waals surface area (Å²) < 4.78 is 0. The summed E-state index contributed by atoms with van der Waals surface area (Å²) in [6.45, 7) is 0. The Morgan fingerprint density at radius 2 is 0.587 bits per heavy atom. The van der Waals surface area contributed by atoms with E-state index in [4.69, 9.17) is 46.4 Å². The van der Waals surface area contributed by atoms with Gasteiger partial charge in [0.15, 0.2) is 0 Å². The van der Waals surface area contributed by atoms with E-state index in [1.807, 2.05) is 0 Å². The molecule has 18 heteroatoms. The van der Waals surface area contributed by atoms with E-state index in [2.05, 4.69) is 0 Å². The topological polar surface area (TPSA) is 150 Å². The molecule has 0 atom stereocenters. The maximum absolute atomic E-state index is 12.7. The van der Waals surface area contributed by atoms with Gasteiger partial charge < -0.3 is 0 Å². The quantitative estimate of drug-likeness (QED) is 0.295. The summed E-state index contributed by atoms with van der Waals surface area (Å²) in [7, 11) is 1.99. The van der Waals surface area contributed by atoms with Gasteiger partial charge in [-0.3, -0.25) is 38.4 Å². The zero-order valence-corrected chi connectivity index (χ0v) is 26.8. The van der Waals surface area contributed by atoms with Crippen LogP contribution < -0.4 is 19.6 Å². The van der Waals surface area contributed by atoms with Crippen molar-refractivity contribution in [1.82, 2.24) is 0 Å². The summed E-state index contributed by atoms with van der Waals surface area (Å²) in [5.74, 6) is -6.38. The predicted molar refractivity (Wildman–Crippen MR) is 170 cm³/mol. The Hall–Kier alpha value is -4.18. The van der Waals surface area contributed by atoms with Gasteiger partial charge in [-0.2, -0.15) is 0 Å². The van der Waals surface area contributed by atoms with E-state index in [0.29, 0.717) is 9.79 Å². The molecule has 4 aliphatic heterocycles. The number of nitrogens with zero attached hydrogens (tertiary/aromatic N) is 4. The lowest BCUT2D eigenvalue weighted by Gasteiger charge is -2.21. The van der Waals surface area contributed by atoms with E-state index in [1.165, 1.54) is 36.4 Å². The zero-order chi connectivity index (χ0) is 33.2. The largest absolute Gasteiger partial charge is 0.277 e. The first-order valence-corrected chi connectivity index (χ1v) is 16.1. The van der Waals surface area contributed by atoms with Gasteiger partial charge in [-0.05, 0) is 36.4 Å². The first-order chi connectivity index (χ1) is 21.7. The molecule has 0 aromatic heterocycles. The molecule has 8 amide bonds. The van der Waals surface area contributed by atoms with Crippen LogP contribution in [-0.2, 0) is 38.4 Å². The number of halogens is 4. The minimum atomic E-state index is -0.834. The van der Waals surface area contributed by atoms with Crippen molar-refractivity contribution in [3.8, 4) is 0 Å². The fourth-order valence-electron chi connectivity index (χ4n) is 4.59. The molecule has 0 aliphatic carbocycles. The molecule has 2 aromatic rings. The Kier molecular flexibility index (Phi) is 8.21. The summed E-state index contributed by atoms with van der Waals surface area (Å²) in [4.78, 5) is 105. The van der Waals surface area contributed by atoms with Crippen molar-refractivity contribution in [2.24, 2.45) is 0 Å². The van der Waals surface area contributed by atoms with Crippen LogP contribution in [0.3, 0.4) is 0 Å². The Labute approximate surface area is 285 Å². The average molecular weight is 736 g/mol. The smallest absolute Gasteiger partial charge is 0.269 e. The molecule has 230 valence electrons. The molecule has 0 saturated heterocycles. The van der Waals surface area contributed by atoms with Gasteiger partial charge in [0.05, 0.1) is 22.7 Å². The van der Waals surface area contributed by atoms with Gasteiger partial charge in [0.1, 0.15) is 20.1 Å². The van der Waals surface area contributed by atoms with Crippen LogP contribution in [0.4, 0.5) is 22.7 Å². The minimum absolute atomic E-state index is 0.0245. The third-order valence-corrected chi connectivity index (χ3v) is 9.96. The molecule has 4 heterocycles. The maximum Gasteiger partial charge on any atom is 0.277 e. The van der Waals surface area contributed by atoms with Crippen LogP contribution in [0.2, 0.25) is 0 Å². The van der Waals surface area contributed by atoms with Gasteiger partial charge in [0, 0.05) is 34.1 Å². The lowest BCUT2D eigenvalue weighted by atomic mass is 10.2. The number of amides is 8. The minimum Gasteiger partial charge on any atom is -0.269 e. The lowest BCUT2D eigenvalue weighted by Crippen LogP contribution is -2.32. The van der Waals surface area contributed by atoms with Crippen LogP contribution in [0.5, 0.6) is 0 Å². The molecule has 0 saturated carbocycles. The van der Waals surface area contributed by atoms with Crippen LogP contribution in [0.15, 0.2) is 90.6 Å². The number of rotatable bonds is 7. The van der Waals surface area contributed by atoms with E-state index < -0.39 is 47.3 Å². The molecular weight excluding hydrogens is 726 g/mol. The Morgan fingerprint density at radius 1 is 0.370 bits per heavy atom. The van der Waals surface area contributed by atoms with Gasteiger partial charge in [0.25, 0.3) is 47.3 Å². The van der Waals surface area contributed by atoms with E-state index in [0.717, 1.165) is 65.5 Å². The van der Waals surface area contributed by atoms with Gasteiger partial charge in [-0.1, -0.05) is 68.0 Å². The van der Waals surface area contributed by atoms with Crippen molar-refractivity contribution in [2.45, 2.75) is 9.79 Å². The molecule has 2 aromatic carbocycles. The number of imide groups is 4. The summed E-state index contributed by atoms with van der Waals surface area (Å²) in [6, 6.07) is 8.18. The highest BCUT2D eigenvalue weighted by Gasteiger charge is 2.37. The van der Waals surface area contributed by atoms with E-state index >= 15 is 0 Å². The number of carbonyl (C=O) groups is 8. The molecule has 0 fully saturated rings. The fraction of sp³-hybridized carbons (Fsp3) is 0. The number of hydrogen-bond acceptors (Lipinski definition) is 10. The van der Waals surface area contributed by atoms with Gasteiger partial charge in [0.2, 0.25) is 0 Å². The molecule has 0 unspecified atom stereocenters. The highest BCUT2D eigenvalue weighted by atomic mass is 35.5. The average Bonchev–Trinajstić information content (AvgIpc) is 3.60. The van der Waals surface area contributed by atoms with Crippen molar-refractivity contribution in [3.05, 3.63) is 80.8 Å². The van der Waals surface area contributed by atoms with Gasteiger partial charge in [-0.15, -0.1) is 0 Å². The van der Waals surface area contributed by atoms with E-state index in [1.54, 1.807) is 0 Å². The van der Waals surface area contributed by atoms with E-state index in [9.17, 15) is 38.4 Å². The molecule has 0 spiro atoms. The third-order valence-electron chi connectivity index (χ3n) is 6.53. The van der Waals surface area contributed by atoms with Crippen molar-refractivity contribution in [1.29, 1.82) is 0 Å². The van der Waals surface area contributed by atoms with Crippen molar-refractivity contribution in [2.75, 3.05) is 19.6 Å². The van der Waals surface area contributed by atoms with Crippen LogP contribution in [0, 0.1) is 0 Å². The fourth-order valence-corrected chi connectivity index (χ4v) is 7.32. The monoisotopic (exact) mass is 734 g/mol. The third kappa shape index (κ3) is 5.46. The van der Waals surface area contributed by atoms with Crippen LogP contribution in [0.25, 0.3) is 0 Å². The molecular formula is C28H10Cl4N4O8S2. The number of anilines is 4. The first-order valence-electron chi connectivity index (χ1n) is 12.4. The van der Waals surface area contributed by atoms with Crippen LogP contribution in [0.1, 0.15) is 0 Å². The molecule has 46 heavy (non-hydrogen) atoms. The standard InChI is InChI=1S/C28H10Cl4N4O8S2/c29-17-7-21(37)33(25(17)41)11-1-12(34-22(38)8-18(30)26(34)42)4-15(3-11)45-46-16-5-13(35-23(39)9-19(31)27(35)43)2-14(6-16)36-24(40)10-20(32)28(36)44/h1-10H. The normalized spacial score (nSPS) is 18.4. The summed E-state index contributed by atoms with van der Waals surface area (Å²) in [6.07, 6.45) is 3.67. The maximum atomic E-state index is 12.7. The Bertz CT molecular complexity index is 1770. The van der Waals surface area contributed by atoms with Crippen LogP contribution in [-0.4, -0.2) is 47.3 Å². The molecule has 6 rings (SSSR count). The molecule has 0 bridgehead atoms. The Balaban J connectivity index is 1.39. The number of carbonyl (C=O) groups excluding carboxylic acids is 8. The molecule has 0 radical (unpaired) electrons. The SMILES string of the molecule is O=C1C=C(Cl)C(=O)N1c1cc(SSc2cc(N3C(=O)C=C(Cl)C3=O)cc(N3C(=O)C=C(Cl)C3=O)c2)cc(N2C(=O)C=C(Cl)C2=O)c1. The van der Waals surface area contributed by atoms with Gasteiger partial charge >= 0.3 is 0 Å². The molecule has 12 nitrogen and oxygen atoms in total. The predicted octanol–water partition coefficient (Wildman–Crippen LogP) is 4.47. The molecule has 0 N–H and O–H groups in total. The highest BCUT2D eigenvalue weighted by molar-refractivity contribution is 8.76.